The van der Waals surface area contributed by atoms with Gasteiger partial charge in [-0.05, 0) is 31.4 Å². The minimum Gasteiger partial charge on any atom is -0.345 e. The Morgan fingerprint density at radius 3 is 2.43 bits per heavy atom. The lowest BCUT2D eigenvalue weighted by Crippen LogP contribution is -2.29. The number of benzene rings is 2. The van der Waals surface area contributed by atoms with E-state index in [4.69, 9.17) is 11.6 Å². The Morgan fingerprint density at radius 1 is 1.11 bits per heavy atom. The number of aromatic nitrogens is 2. The van der Waals surface area contributed by atoms with Gasteiger partial charge in [-0.25, -0.2) is 4.68 Å². The fourth-order valence-electron chi connectivity index (χ4n) is 3.31. The summed E-state index contributed by atoms with van der Waals surface area (Å²) in [7, 11) is 0. The van der Waals surface area contributed by atoms with E-state index in [-0.39, 0.29) is 11.9 Å². The zero-order valence-electron chi connectivity index (χ0n) is 16.6. The maximum Gasteiger partial charge on any atom is 0.256 e. The van der Waals surface area contributed by atoms with E-state index < -0.39 is 0 Å². The van der Waals surface area contributed by atoms with E-state index in [1.165, 1.54) is 5.56 Å². The van der Waals surface area contributed by atoms with Gasteiger partial charge in [0.05, 0.1) is 23.8 Å². The van der Waals surface area contributed by atoms with Crippen LogP contribution in [0.2, 0.25) is 5.15 Å². The van der Waals surface area contributed by atoms with Crippen molar-refractivity contribution in [1.82, 2.24) is 15.1 Å². The van der Waals surface area contributed by atoms with Gasteiger partial charge in [-0.15, -0.1) is 0 Å². The molecule has 4 nitrogen and oxygen atoms in total. The monoisotopic (exact) mass is 395 g/mol. The smallest absolute Gasteiger partial charge is 0.256 e. The topological polar surface area (TPSA) is 46.9 Å². The highest BCUT2D eigenvalue weighted by Gasteiger charge is 2.23. The lowest BCUT2D eigenvalue weighted by molar-refractivity contribution is 0.0934. The number of hydrogen-bond donors (Lipinski definition) is 1. The van der Waals surface area contributed by atoms with Crippen LogP contribution in [0.5, 0.6) is 0 Å². The highest BCUT2D eigenvalue weighted by molar-refractivity contribution is 6.33. The van der Waals surface area contributed by atoms with Crippen LogP contribution in [0, 0.1) is 13.8 Å². The Kier molecular flexibility index (Phi) is 6.53. The Labute approximate surface area is 171 Å². The van der Waals surface area contributed by atoms with Gasteiger partial charge in [0.1, 0.15) is 5.15 Å². The third kappa shape index (κ3) is 4.63. The van der Waals surface area contributed by atoms with Gasteiger partial charge in [0.2, 0.25) is 0 Å². The number of aryl methyl sites for hydroxylation is 2. The van der Waals surface area contributed by atoms with E-state index in [1.807, 2.05) is 37.3 Å². The van der Waals surface area contributed by atoms with E-state index >= 15 is 0 Å². The zero-order chi connectivity index (χ0) is 20.1. The van der Waals surface area contributed by atoms with Crippen molar-refractivity contribution in [3.63, 3.8) is 0 Å². The molecular formula is C23H26ClN3O. The molecule has 0 radical (unpaired) electrons. The standard InChI is InChI=1S/C23H26ClN3O/c1-4-8-20(19-9-6-5-7-10-19)25-23(28)21-17(3)26-27(22(21)24)15-18-13-11-16(2)12-14-18/h5-7,9-14,20H,4,8,15H2,1-3H3,(H,25,28). The maximum atomic E-state index is 13.0. The number of rotatable bonds is 7. The van der Waals surface area contributed by atoms with Gasteiger partial charge in [0.25, 0.3) is 5.91 Å². The van der Waals surface area contributed by atoms with Gasteiger partial charge in [-0.3, -0.25) is 4.79 Å². The summed E-state index contributed by atoms with van der Waals surface area (Å²) in [5, 5.41) is 8.01. The fourth-order valence-corrected chi connectivity index (χ4v) is 3.63. The molecule has 28 heavy (non-hydrogen) atoms. The summed E-state index contributed by atoms with van der Waals surface area (Å²) in [6, 6.07) is 18.2. The Hall–Kier alpha value is -2.59. The number of carbonyl (C=O) groups excluding carboxylic acids is 1. The normalized spacial score (nSPS) is 12.0. The minimum atomic E-state index is -0.181. The van der Waals surface area contributed by atoms with Crippen LogP contribution >= 0.6 is 11.6 Å². The molecule has 0 aliphatic rings. The van der Waals surface area contributed by atoms with Gasteiger partial charge in [-0.1, -0.05) is 85.1 Å². The molecule has 0 spiro atoms. The summed E-state index contributed by atoms with van der Waals surface area (Å²) < 4.78 is 1.69. The Morgan fingerprint density at radius 2 is 1.79 bits per heavy atom. The van der Waals surface area contributed by atoms with Gasteiger partial charge < -0.3 is 5.32 Å². The SMILES string of the molecule is CCCC(NC(=O)c1c(C)nn(Cc2ccc(C)cc2)c1Cl)c1ccccc1. The number of nitrogens with zero attached hydrogens (tertiary/aromatic N) is 2. The van der Waals surface area contributed by atoms with E-state index in [9.17, 15) is 4.79 Å². The van der Waals surface area contributed by atoms with E-state index in [2.05, 4.69) is 48.5 Å². The first-order valence-electron chi connectivity index (χ1n) is 9.63. The van der Waals surface area contributed by atoms with Crippen LogP contribution in [0.1, 0.15) is 58.5 Å². The lowest BCUT2D eigenvalue weighted by Gasteiger charge is -2.18. The summed E-state index contributed by atoms with van der Waals surface area (Å²) in [6.45, 7) is 6.52. The third-order valence-corrected chi connectivity index (χ3v) is 5.21. The quantitative estimate of drug-likeness (QED) is 0.576. The molecule has 1 heterocycles. The van der Waals surface area contributed by atoms with E-state index in [0.717, 1.165) is 24.0 Å². The van der Waals surface area contributed by atoms with Crippen LogP contribution in [0.4, 0.5) is 0 Å². The van der Waals surface area contributed by atoms with Crippen molar-refractivity contribution in [2.24, 2.45) is 0 Å². The largest absolute Gasteiger partial charge is 0.345 e. The van der Waals surface area contributed by atoms with Crippen molar-refractivity contribution in [3.8, 4) is 0 Å². The molecule has 0 aliphatic heterocycles. The summed E-state index contributed by atoms with van der Waals surface area (Å²) in [5.74, 6) is -0.181. The predicted octanol–water partition coefficient (Wildman–Crippen LogP) is 5.47. The van der Waals surface area contributed by atoms with Crippen molar-refractivity contribution in [2.75, 3.05) is 0 Å². The molecule has 0 saturated heterocycles. The van der Waals surface area contributed by atoms with Gasteiger partial charge in [0.15, 0.2) is 0 Å². The summed E-state index contributed by atoms with van der Waals surface area (Å²) in [6.07, 6.45) is 1.84. The van der Waals surface area contributed by atoms with Crippen LogP contribution in [0.15, 0.2) is 54.6 Å². The molecule has 0 fully saturated rings. The molecular weight excluding hydrogens is 370 g/mol. The highest BCUT2D eigenvalue weighted by atomic mass is 35.5. The molecule has 2 aromatic carbocycles. The third-order valence-electron chi connectivity index (χ3n) is 4.83. The number of halogens is 1. The molecule has 1 amide bonds. The lowest BCUT2D eigenvalue weighted by atomic mass is 10.0. The van der Waals surface area contributed by atoms with Gasteiger partial charge in [-0.2, -0.15) is 5.10 Å². The fraction of sp³-hybridized carbons (Fsp3) is 0.304. The molecule has 1 unspecified atom stereocenters. The molecule has 1 N–H and O–H groups in total. The number of amides is 1. The van der Waals surface area contributed by atoms with Crippen LogP contribution in [0.3, 0.4) is 0 Å². The number of hydrogen-bond acceptors (Lipinski definition) is 2. The average molecular weight is 396 g/mol. The number of nitrogens with one attached hydrogen (secondary N) is 1. The number of carbonyl (C=O) groups is 1. The molecule has 146 valence electrons. The van der Waals surface area contributed by atoms with Crippen LogP contribution in [0.25, 0.3) is 0 Å². The molecule has 3 rings (SSSR count). The van der Waals surface area contributed by atoms with Crippen molar-refractivity contribution in [2.45, 2.75) is 46.2 Å². The molecule has 0 bridgehead atoms. The summed E-state index contributed by atoms with van der Waals surface area (Å²) >= 11 is 6.55. The minimum absolute atomic E-state index is 0.0467. The van der Waals surface area contributed by atoms with Crippen LogP contribution in [-0.4, -0.2) is 15.7 Å². The molecule has 3 aromatic rings. The van der Waals surface area contributed by atoms with Crippen LogP contribution < -0.4 is 5.32 Å². The molecule has 1 atom stereocenters. The maximum absolute atomic E-state index is 13.0. The van der Waals surface area contributed by atoms with Crippen LogP contribution in [-0.2, 0) is 6.54 Å². The first-order valence-corrected chi connectivity index (χ1v) is 10.0. The van der Waals surface area contributed by atoms with Crippen molar-refractivity contribution in [1.29, 1.82) is 0 Å². The highest BCUT2D eigenvalue weighted by Crippen LogP contribution is 2.24. The van der Waals surface area contributed by atoms with E-state index in [0.29, 0.717) is 23.0 Å². The summed E-state index contributed by atoms with van der Waals surface area (Å²) in [4.78, 5) is 13.0. The molecule has 0 saturated carbocycles. The molecule has 5 heteroatoms. The molecule has 1 aromatic heterocycles. The predicted molar refractivity (Wildman–Crippen MR) is 114 cm³/mol. The Balaban J connectivity index is 1.81. The Bertz CT molecular complexity index is 932. The van der Waals surface area contributed by atoms with Gasteiger partial charge >= 0.3 is 0 Å². The van der Waals surface area contributed by atoms with E-state index in [1.54, 1.807) is 4.68 Å². The average Bonchev–Trinajstić information content (AvgIpc) is 2.97. The van der Waals surface area contributed by atoms with Gasteiger partial charge in [0, 0.05) is 0 Å². The van der Waals surface area contributed by atoms with Crippen molar-refractivity contribution >= 4 is 17.5 Å². The second-order valence-electron chi connectivity index (χ2n) is 7.12. The van der Waals surface area contributed by atoms with Crippen molar-refractivity contribution < 1.29 is 4.79 Å². The van der Waals surface area contributed by atoms with Crippen molar-refractivity contribution in [3.05, 3.63) is 87.7 Å². The second kappa shape index (κ2) is 9.07. The molecule has 0 aliphatic carbocycles. The zero-order valence-corrected chi connectivity index (χ0v) is 17.3. The second-order valence-corrected chi connectivity index (χ2v) is 7.48. The first-order chi connectivity index (χ1) is 13.5. The summed E-state index contributed by atoms with van der Waals surface area (Å²) in [5.41, 5.74) is 4.48. The first kappa shape index (κ1) is 20.2.